The van der Waals surface area contributed by atoms with Gasteiger partial charge in [0.05, 0.1) is 12.0 Å². The number of alkyl halides is 3. The molecule has 3 heterocycles. The van der Waals surface area contributed by atoms with Crippen molar-refractivity contribution < 1.29 is 62.1 Å². The Morgan fingerprint density at radius 1 is 1.02 bits per heavy atom. The van der Waals surface area contributed by atoms with E-state index in [1.54, 1.807) is 6.92 Å². The molecule has 0 spiro atoms. The Hall–Kier alpha value is -5.33. The number of carbonyl (C=O) groups is 1. The van der Waals surface area contributed by atoms with E-state index in [1.807, 2.05) is 19.9 Å². The number of aromatic hydroxyl groups is 1. The van der Waals surface area contributed by atoms with E-state index in [1.165, 1.54) is 54.6 Å². The van der Waals surface area contributed by atoms with Crippen LogP contribution in [0.25, 0.3) is 11.0 Å². The Labute approximate surface area is 304 Å². The smallest absolute Gasteiger partial charge is 0.442 e. The van der Waals surface area contributed by atoms with Crippen molar-refractivity contribution in [3.63, 3.8) is 0 Å². The average Bonchev–Trinajstić information content (AvgIpc) is 3.96. The third-order valence-corrected chi connectivity index (χ3v) is 9.07. The fourth-order valence-electron chi connectivity index (χ4n) is 5.85. The Morgan fingerprint density at radius 3 is 2.35 bits per heavy atom. The van der Waals surface area contributed by atoms with E-state index >= 15 is 0 Å². The fraction of sp³-hybridized carbons (Fsp3) is 0.351. The molecular weight excluding hydrogens is 719 g/mol. The largest absolute Gasteiger partial charge is 0.508 e. The van der Waals surface area contributed by atoms with Crippen molar-refractivity contribution in [3.8, 4) is 17.2 Å². The first-order valence-electron chi connectivity index (χ1n) is 16.6. The highest BCUT2D eigenvalue weighted by atomic mass is 19.4. The first-order chi connectivity index (χ1) is 25.5. The third kappa shape index (κ3) is 7.40. The van der Waals surface area contributed by atoms with Crippen molar-refractivity contribution >= 4 is 22.6 Å². The van der Waals surface area contributed by atoms with Gasteiger partial charge in [0.2, 0.25) is 6.29 Å². The Morgan fingerprint density at radius 2 is 1.72 bits per heavy atom. The van der Waals surface area contributed by atoms with Crippen LogP contribution in [0.3, 0.4) is 0 Å². The van der Waals surface area contributed by atoms with Crippen LogP contribution in [0.5, 0.6) is 17.2 Å². The first kappa shape index (κ1) is 38.4. The lowest BCUT2D eigenvalue weighted by Gasteiger charge is -2.39. The van der Waals surface area contributed by atoms with Crippen LogP contribution in [-0.2, 0) is 23.4 Å². The summed E-state index contributed by atoms with van der Waals surface area (Å²) in [5.41, 5.74) is -2.18. The van der Waals surface area contributed by atoms with Crippen LogP contribution in [0.15, 0.2) is 85.7 Å². The minimum atomic E-state index is -4.68. The van der Waals surface area contributed by atoms with Crippen molar-refractivity contribution in [3.05, 3.63) is 104 Å². The zero-order chi connectivity index (χ0) is 39.1. The summed E-state index contributed by atoms with van der Waals surface area (Å²) >= 11 is 0. The molecule has 17 heteroatoms. The molecule has 14 nitrogen and oxygen atoms in total. The lowest BCUT2D eigenvalue weighted by atomic mass is 9.99. The molecule has 0 radical (unpaired) electrons. The number of anilines is 1. The number of aliphatic hydroxyl groups excluding tert-OH is 4. The van der Waals surface area contributed by atoms with Crippen LogP contribution >= 0.6 is 0 Å². The number of halogens is 3. The molecule has 4 aromatic rings. The minimum absolute atomic E-state index is 0.0496. The topological polar surface area (TPSA) is 213 Å². The Balaban J connectivity index is 1.34. The molecule has 6 N–H and O–H groups in total. The van der Waals surface area contributed by atoms with Gasteiger partial charge in [-0.3, -0.25) is 4.79 Å². The van der Waals surface area contributed by atoms with Gasteiger partial charge >= 0.3 is 17.5 Å². The molecule has 5 atom stereocenters. The molecule has 0 bridgehead atoms. The summed E-state index contributed by atoms with van der Waals surface area (Å²) < 4.78 is 63.3. The fourth-order valence-corrected chi connectivity index (χ4v) is 5.85. The van der Waals surface area contributed by atoms with Gasteiger partial charge in [-0.2, -0.15) is 13.2 Å². The van der Waals surface area contributed by atoms with Gasteiger partial charge in [0.15, 0.2) is 11.4 Å². The average molecular weight is 756 g/mol. The number of carbonyl (C=O) groups excluding carboxylic acids is 1. The maximum absolute atomic E-state index is 13.6. The first-order valence-corrected chi connectivity index (χ1v) is 16.6. The number of allylic oxidation sites excluding steroid dienone is 2. The molecule has 2 aliphatic rings. The zero-order valence-corrected chi connectivity index (χ0v) is 29.0. The number of nitrogens with zero attached hydrogens (tertiary/aromatic N) is 2. The van der Waals surface area contributed by atoms with Gasteiger partial charge in [0.25, 0.3) is 5.91 Å². The maximum Gasteiger partial charge on any atom is 0.442 e. The number of hydrogen-bond donors (Lipinski definition) is 6. The SMILES string of the molecule is CC(C)=CCc1cc(C(=O)Nc2c(O[C@@H]3O[C@H](CO)[C@@H](O)[C@H](O)[C@H]3O)c3ccc(OCc4ccc(C5(C(F)(F)F)N=N5)cc4)c(C)c3oc2=O)ccc1O. The Kier molecular flexibility index (Phi) is 10.5. The monoisotopic (exact) mass is 755 g/mol. The summed E-state index contributed by atoms with van der Waals surface area (Å²) in [5, 5.41) is 60.5. The number of ether oxygens (including phenoxy) is 3. The van der Waals surface area contributed by atoms with Crippen LogP contribution in [0, 0.1) is 6.92 Å². The summed E-state index contributed by atoms with van der Waals surface area (Å²) in [7, 11) is 0. The van der Waals surface area contributed by atoms with E-state index in [9.17, 15) is 48.3 Å². The molecule has 286 valence electrons. The number of aliphatic hydroxyl groups is 4. The highest BCUT2D eigenvalue weighted by molar-refractivity contribution is 6.07. The molecule has 6 rings (SSSR count). The second-order valence-corrected chi connectivity index (χ2v) is 13.1. The summed E-state index contributed by atoms with van der Waals surface area (Å²) in [5.74, 6) is -1.00. The van der Waals surface area contributed by atoms with Crippen molar-refractivity contribution in [2.75, 3.05) is 11.9 Å². The van der Waals surface area contributed by atoms with E-state index in [0.29, 0.717) is 17.5 Å². The maximum atomic E-state index is 13.6. The van der Waals surface area contributed by atoms with Gasteiger partial charge < -0.3 is 49.5 Å². The number of phenols is 1. The van der Waals surface area contributed by atoms with Crippen LogP contribution in [0.2, 0.25) is 0 Å². The van der Waals surface area contributed by atoms with Gasteiger partial charge in [0, 0.05) is 16.7 Å². The van der Waals surface area contributed by atoms with E-state index in [-0.39, 0.29) is 51.5 Å². The van der Waals surface area contributed by atoms with Crippen molar-refractivity contribution in [1.82, 2.24) is 0 Å². The molecule has 3 aromatic carbocycles. The zero-order valence-electron chi connectivity index (χ0n) is 29.0. The van der Waals surface area contributed by atoms with E-state index in [2.05, 4.69) is 15.5 Å². The third-order valence-electron chi connectivity index (χ3n) is 9.07. The number of amides is 1. The lowest BCUT2D eigenvalue weighted by molar-refractivity contribution is -0.277. The number of aryl methyl sites for hydroxylation is 1. The molecule has 1 fully saturated rings. The van der Waals surface area contributed by atoms with Gasteiger partial charge in [0.1, 0.15) is 48.1 Å². The predicted octanol–water partition coefficient (Wildman–Crippen LogP) is 4.51. The molecule has 1 aromatic heterocycles. The quantitative estimate of drug-likeness (QED) is 0.0926. The summed E-state index contributed by atoms with van der Waals surface area (Å²) in [4.78, 5) is 27.2. The van der Waals surface area contributed by atoms with Crippen LogP contribution in [0.1, 0.15) is 46.5 Å². The highest BCUT2D eigenvalue weighted by Gasteiger charge is 2.65. The molecular formula is C37H36F3N3O11. The van der Waals surface area contributed by atoms with Crippen molar-refractivity contribution in [2.45, 2.75) is 76.3 Å². The molecule has 0 aliphatic carbocycles. The molecule has 1 saturated heterocycles. The van der Waals surface area contributed by atoms with Gasteiger partial charge in [-0.1, -0.05) is 35.9 Å². The number of rotatable bonds is 11. The van der Waals surface area contributed by atoms with Gasteiger partial charge in [-0.25, -0.2) is 4.79 Å². The summed E-state index contributed by atoms with van der Waals surface area (Å²) in [6.07, 6.45) is -11.1. The predicted molar refractivity (Wildman–Crippen MR) is 184 cm³/mol. The summed E-state index contributed by atoms with van der Waals surface area (Å²) in [6.45, 7) is 4.43. The van der Waals surface area contributed by atoms with Crippen LogP contribution < -0.4 is 20.4 Å². The van der Waals surface area contributed by atoms with E-state index in [0.717, 1.165) is 5.57 Å². The molecule has 54 heavy (non-hydrogen) atoms. The second kappa shape index (κ2) is 14.8. The van der Waals surface area contributed by atoms with Crippen LogP contribution in [-0.4, -0.2) is 74.9 Å². The lowest BCUT2D eigenvalue weighted by Crippen LogP contribution is -2.60. The standard InChI is InChI=1S/C37H36F3N3O11/c1-17(2)4-7-20-14-21(8-12-24(20)45)33(49)41-27-32(54-35-30(48)29(47)28(46)26(15-44)52-35)23-11-13-25(18(3)31(23)53-34(27)50)51-16-19-5-9-22(10-6-19)36(42-43-36)37(38,39)40/h4-6,8-14,26,28-30,35,44-48H,7,15-16H2,1-3H3,(H,41,49)/t26-,28-,29+,30-,35+/m1/s1. The molecule has 2 aliphatic heterocycles. The van der Waals surface area contributed by atoms with Crippen molar-refractivity contribution in [1.29, 1.82) is 0 Å². The van der Waals surface area contributed by atoms with Crippen LogP contribution in [0.4, 0.5) is 18.9 Å². The molecule has 0 unspecified atom stereocenters. The van der Waals surface area contributed by atoms with E-state index in [4.69, 9.17) is 18.6 Å². The van der Waals surface area contributed by atoms with Crippen molar-refractivity contribution in [2.24, 2.45) is 10.2 Å². The number of fused-ring (bicyclic) bond motifs is 1. The number of benzene rings is 3. The Bertz CT molecular complexity index is 2170. The van der Waals surface area contributed by atoms with E-state index < -0.39 is 66.4 Å². The number of hydrogen-bond acceptors (Lipinski definition) is 13. The molecule has 0 saturated carbocycles. The second-order valence-electron chi connectivity index (χ2n) is 13.1. The van der Waals surface area contributed by atoms with Gasteiger partial charge in [-0.05, 0) is 68.7 Å². The minimum Gasteiger partial charge on any atom is -0.508 e. The van der Waals surface area contributed by atoms with Gasteiger partial charge in [-0.15, -0.1) is 10.2 Å². The highest BCUT2D eigenvalue weighted by Crippen LogP contribution is 2.52. The summed E-state index contributed by atoms with van der Waals surface area (Å²) in [6, 6.07) is 12.4. The number of phenolic OH excluding ortho intramolecular Hbond substituents is 1. The number of nitrogens with one attached hydrogen (secondary N) is 1. The molecule has 1 amide bonds. The normalized spacial score (nSPS) is 21.8.